The molecule has 0 spiro atoms. The highest BCUT2D eigenvalue weighted by atomic mass is 32.1. The number of amides is 2. The summed E-state index contributed by atoms with van der Waals surface area (Å²) >= 11 is 1.43. The molecule has 0 N–H and O–H groups in total. The van der Waals surface area contributed by atoms with Gasteiger partial charge in [0.1, 0.15) is 0 Å². The van der Waals surface area contributed by atoms with E-state index in [1.54, 1.807) is 16.7 Å². The minimum absolute atomic E-state index is 0.0184. The Balaban J connectivity index is 1.86. The molecule has 1 atom stereocenters. The molecule has 1 aliphatic rings. The fourth-order valence-corrected chi connectivity index (χ4v) is 4.20. The summed E-state index contributed by atoms with van der Waals surface area (Å²) in [6, 6.07) is 3.77. The van der Waals surface area contributed by atoms with Crippen LogP contribution in [0.25, 0.3) is 0 Å². The van der Waals surface area contributed by atoms with E-state index in [0.29, 0.717) is 25.9 Å². The van der Waals surface area contributed by atoms with Gasteiger partial charge in [-0.05, 0) is 58.9 Å². The molecule has 7 heteroatoms. The van der Waals surface area contributed by atoms with Gasteiger partial charge in [-0.3, -0.25) is 14.4 Å². The monoisotopic (exact) mass is 394 g/mol. The molecule has 27 heavy (non-hydrogen) atoms. The lowest BCUT2D eigenvalue weighted by Gasteiger charge is -2.34. The Morgan fingerprint density at radius 2 is 1.70 bits per heavy atom. The van der Waals surface area contributed by atoms with Crippen LogP contribution >= 0.6 is 11.3 Å². The first-order chi connectivity index (χ1) is 12.7. The fourth-order valence-electron chi connectivity index (χ4n) is 3.51. The molecule has 1 aromatic rings. The lowest BCUT2D eigenvalue weighted by Crippen LogP contribution is -2.48. The van der Waals surface area contributed by atoms with E-state index in [9.17, 15) is 14.4 Å². The van der Waals surface area contributed by atoms with E-state index in [1.165, 1.54) is 11.3 Å². The third-order valence-corrected chi connectivity index (χ3v) is 5.71. The lowest BCUT2D eigenvalue weighted by molar-refractivity contribution is -0.165. The summed E-state index contributed by atoms with van der Waals surface area (Å²) in [5.74, 6) is -0.755. The van der Waals surface area contributed by atoms with E-state index in [4.69, 9.17) is 4.74 Å². The molecule has 2 amide bonds. The Kier molecular flexibility index (Phi) is 7.41. The molecule has 6 nitrogen and oxygen atoms in total. The van der Waals surface area contributed by atoms with Gasteiger partial charge in [-0.1, -0.05) is 6.07 Å². The highest BCUT2D eigenvalue weighted by molar-refractivity contribution is 7.12. The Hall–Kier alpha value is -1.89. The Morgan fingerprint density at radius 3 is 2.19 bits per heavy atom. The summed E-state index contributed by atoms with van der Waals surface area (Å²) in [7, 11) is 0. The van der Waals surface area contributed by atoms with Crippen molar-refractivity contribution in [2.45, 2.75) is 65.6 Å². The Bertz CT molecular complexity index is 641. The predicted octanol–water partition coefficient (Wildman–Crippen LogP) is 3.18. The van der Waals surface area contributed by atoms with Crippen molar-refractivity contribution >= 4 is 29.1 Å². The maximum absolute atomic E-state index is 12.6. The molecule has 0 bridgehead atoms. The quantitative estimate of drug-likeness (QED) is 0.695. The maximum Gasteiger partial charge on any atom is 0.309 e. The summed E-state index contributed by atoms with van der Waals surface area (Å²) in [5.41, 5.74) is 0. The molecule has 1 aliphatic heterocycles. The van der Waals surface area contributed by atoms with Gasteiger partial charge in [0.15, 0.2) is 6.10 Å². The van der Waals surface area contributed by atoms with Crippen molar-refractivity contribution in [1.82, 2.24) is 9.80 Å². The van der Waals surface area contributed by atoms with Crippen LogP contribution in [0.3, 0.4) is 0 Å². The van der Waals surface area contributed by atoms with Crippen LogP contribution in [0.1, 0.15) is 57.1 Å². The smallest absolute Gasteiger partial charge is 0.309 e. The molecule has 0 aromatic carbocycles. The van der Waals surface area contributed by atoms with Crippen molar-refractivity contribution in [3.63, 3.8) is 0 Å². The average Bonchev–Trinajstić information content (AvgIpc) is 3.15. The predicted molar refractivity (Wildman–Crippen MR) is 106 cm³/mol. The van der Waals surface area contributed by atoms with Crippen LogP contribution in [-0.4, -0.2) is 58.9 Å². The number of likely N-dealkylation sites (tertiary alicyclic amines) is 1. The molecule has 0 saturated carbocycles. The Morgan fingerprint density at radius 1 is 1.11 bits per heavy atom. The van der Waals surface area contributed by atoms with Gasteiger partial charge >= 0.3 is 5.97 Å². The second-order valence-corrected chi connectivity index (χ2v) is 8.50. The third kappa shape index (κ3) is 5.31. The number of rotatable bonds is 6. The first-order valence-corrected chi connectivity index (χ1v) is 10.5. The van der Waals surface area contributed by atoms with Crippen LogP contribution in [0.4, 0.5) is 0 Å². The molecular formula is C20H30N2O4S. The van der Waals surface area contributed by atoms with E-state index in [-0.39, 0.29) is 35.8 Å². The van der Waals surface area contributed by atoms with Crippen molar-refractivity contribution in [1.29, 1.82) is 0 Å². The van der Waals surface area contributed by atoms with Gasteiger partial charge in [0, 0.05) is 25.2 Å². The zero-order chi connectivity index (χ0) is 20.1. The molecular weight excluding hydrogens is 364 g/mol. The van der Waals surface area contributed by atoms with E-state index in [1.807, 2.05) is 45.2 Å². The van der Waals surface area contributed by atoms with Gasteiger partial charge in [0.2, 0.25) is 0 Å². The first-order valence-electron chi connectivity index (χ1n) is 9.57. The van der Waals surface area contributed by atoms with Crippen molar-refractivity contribution in [2.24, 2.45) is 5.92 Å². The standard InChI is InChI=1S/C20H30N2O4S/c1-13(2)22(14(3)4)18(23)15(5)26-20(25)16-8-10-21(11-9-16)19(24)17-7-6-12-27-17/h6-7,12-16H,8-11H2,1-5H3. The van der Waals surface area contributed by atoms with E-state index >= 15 is 0 Å². The minimum Gasteiger partial charge on any atom is -0.452 e. The summed E-state index contributed by atoms with van der Waals surface area (Å²) in [5, 5.41) is 1.88. The molecule has 1 fully saturated rings. The van der Waals surface area contributed by atoms with Gasteiger partial charge in [-0.15, -0.1) is 11.3 Å². The SMILES string of the molecule is CC(OC(=O)C1CCN(C(=O)c2cccs2)CC1)C(=O)N(C(C)C)C(C)C. The zero-order valence-corrected chi connectivity index (χ0v) is 17.6. The number of hydrogen-bond acceptors (Lipinski definition) is 5. The second-order valence-electron chi connectivity index (χ2n) is 7.56. The number of hydrogen-bond donors (Lipinski definition) is 0. The molecule has 1 unspecified atom stereocenters. The van der Waals surface area contributed by atoms with Crippen LogP contribution in [0.2, 0.25) is 0 Å². The highest BCUT2D eigenvalue weighted by Gasteiger charge is 2.33. The van der Waals surface area contributed by atoms with Gasteiger partial charge in [-0.2, -0.15) is 0 Å². The van der Waals surface area contributed by atoms with Gasteiger partial charge in [0.05, 0.1) is 10.8 Å². The number of nitrogens with zero attached hydrogens (tertiary/aromatic N) is 2. The van der Waals surface area contributed by atoms with Crippen molar-refractivity contribution in [2.75, 3.05) is 13.1 Å². The van der Waals surface area contributed by atoms with Gasteiger partial charge in [0.25, 0.3) is 11.8 Å². The Labute approximate surface area is 165 Å². The number of carbonyl (C=O) groups excluding carboxylic acids is 3. The summed E-state index contributed by atoms with van der Waals surface area (Å²) in [6.07, 6.45) is 0.331. The number of ether oxygens (including phenoxy) is 1. The van der Waals surface area contributed by atoms with E-state index in [2.05, 4.69) is 0 Å². The van der Waals surface area contributed by atoms with Crippen LogP contribution in [0.15, 0.2) is 17.5 Å². The van der Waals surface area contributed by atoms with E-state index in [0.717, 1.165) is 4.88 Å². The molecule has 2 rings (SSSR count). The molecule has 2 heterocycles. The summed E-state index contributed by atoms with van der Waals surface area (Å²) < 4.78 is 5.47. The van der Waals surface area contributed by atoms with Crippen molar-refractivity contribution in [3.8, 4) is 0 Å². The topological polar surface area (TPSA) is 66.9 Å². The number of piperidine rings is 1. The van der Waals surface area contributed by atoms with Crippen LogP contribution in [0, 0.1) is 5.92 Å². The van der Waals surface area contributed by atoms with Crippen molar-refractivity contribution < 1.29 is 19.1 Å². The summed E-state index contributed by atoms with van der Waals surface area (Å²) in [6.45, 7) is 10.5. The minimum atomic E-state index is -0.798. The fraction of sp³-hybridized carbons (Fsp3) is 0.650. The second kappa shape index (κ2) is 9.35. The molecule has 0 radical (unpaired) electrons. The largest absolute Gasteiger partial charge is 0.452 e. The molecule has 150 valence electrons. The summed E-state index contributed by atoms with van der Waals surface area (Å²) in [4.78, 5) is 41.7. The first kappa shape index (κ1) is 21.4. The molecule has 0 aliphatic carbocycles. The number of carbonyl (C=O) groups is 3. The van der Waals surface area contributed by atoms with Gasteiger partial charge in [-0.25, -0.2) is 0 Å². The number of thiophene rings is 1. The van der Waals surface area contributed by atoms with Crippen LogP contribution in [-0.2, 0) is 14.3 Å². The van der Waals surface area contributed by atoms with Crippen LogP contribution < -0.4 is 0 Å². The van der Waals surface area contributed by atoms with Crippen molar-refractivity contribution in [3.05, 3.63) is 22.4 Å². The zero-order valence-electron chi connectivity index (χ0n) is 16.8. The van der Waals surface area contributed by atoms with Gasteiger partial charge < -0.3 is 14.5 Å². The molecule has 1 aromatic heterocycles. The molecule has 1 saturated heterocycles. The third-order valence-electron chi connectivity index (χ3n) is 4.86. The maximum atomic E-state index is 12.6. The lowest BCUT2D eigenvalue weighted by atomic mass is 9.97. The highest BCUT2D eigenvalue weighted by Crippen LogP contribution is 2.22. The van der Waals surface area contributed by atoms with E-state index < -0.39 is 6.10 Å². The van der Waals surface area contributed by atoms with Crippen LogP contribution in [0.5, 0.6) is 0 Å². The normalized spacial score (nSPS) is 16.5. The number of esters is 1. The average molecular weight is 395 g/mol.